The molecule has 5 heterocycles. The number of fused-ring (bicyclic) bond motifs is 2. The van der Waals surface area contributed by atoms with Gasteiger partial charge in [-0.05, 0) is 30.8 Å². The first kappa shape index (κ1) is 17.0. The van der Waals surface area contributed by atoms with Crippen molar-refractivity contribution in [3.05, 3.63) is 65.5 Å². The van der Waals surface area contributed by atoms with Gasteiger partial charge in [0.2, 0.25) is 0 Å². The molecule has 2 aliphatic rings. The van der Waals surface area contributed by atoms with E-state index in [0.29, 0.717) is 13.1 Å². The number of thiophene rings is 1. The summed E-state index contributed by atoms with van der Waals surface area (Å²) in [5.74, 6) is 0.783. The van der Waals surface area contributed by atoms with E-state index >= 15 is 0 Å². The first-order chi connectivity index (χ1) is 13.1. The number of rotatable bonds is 4. The number of nitrogens with zero attached hydrogens (tertiary/aromatic N) is 5. The van der Waals surface area contributed by atoms with Crippen LogP contribution in [-0.4, -0.2) is 37.3 Å². The summed E-state index contributed by atoms with van der Waals surface area (Å²) < 4.78 is 2.97. The molecule has 2 aliphatic heterocycles. The molecule has 0 saturated carbocycles. The summed E-state index contributed by atoms with van der Waals surface area (Å²) in [6.07, 6.45) is 3.66. The van der Waals surface area contributed by atoms with Crippen molar-refractivity contribution in [2.75, 3.05) is 13.1 Å². The smallest absolute Gasteiger partial charge is 0.296 e. The first-order valence-corrected chi connectivity index (χ1v) is 10.8. The van der Waals surface area contributed by atoms with Gasteiger partial charge in [-0.3, -0.25) is 19.1 Å². The molecule has 9 heteroatoms. The van der Waals surface area contributed by atoms with Gasteiger partial charge in [0.1, 0.15) is 10.8 Å². The van der Waals surface area contributed by atoms with Crippen molar-refractivity contribution in [3.8, 4) is 0 Å². The van der Waals surface area contributed by atoms with Crippen LogP contribution in [0.3, 0.4) is 0 Å². The lowest BCUT2D eigenvalue weighted by atomic mass is 9.85. The van der Waals surface area contributed by atoms with Gasteiger partial charge in [-0.2, -0.15) is 5.10 Å². The van der Waals surface area contributed by atoms with Crippen LogP contribution in [0.2, 0.25) is 0 Å². The summed E-state index contributed by atoms with van der Waals surface area (Å²) >= 11 is 3.24. The van der Waals surface area contributed by atoms with E-state index in [1.165, 1.54) is 4.68 Å². The molecular weight excluding hydrogens is 382 g/mol. The summed E-state index contributed by atoms with van der Waals surface area (Å²) in [7, 11) is 0. The molecule has 27 heavy (non-hydrogen) atoms. The van der Waals surface area contributed by atoms with E-state index < -0.39 is 11.1 Å². The van der Waals surface area contributed by atoms with Crippen molar-refractivity contribution in [2.24, 2.45) is 0 Å². The quantitative estimate of drug-likeness (QED) is 0.620. The Labute approximate surface area is 163 Å². The van der Waals surface area contributed by atoms with Gasteiger partial charge in [0, 0.05) is 35.0 Å². The van der Waals surface area contributed by atoms with Crippen LogP contribution in [0.15, 0.2) is 38.7 Å². The van der Waals surface area contributed by atoms with E-state index in [1.807, 2.05) is 29.1 Å². The molecule has 0 unspecified atom stereocenters. The topological polar surface area (TPSA) is 73.0 Å². The second-order valence-electron chi connectivity index (χ2n) is 7.24. The lowest BCUT2D eigenvalue weighted by Gasteiger charge is -2.23. The van der Waals surface area contributed by atoms with Crippen LogP contribution in [0.25, 0.3) is 0 Å². The van der Waals surface area contributed by atoms with Crippen LogP contribution < -0.4 is 11.1 Å². The highest BCUT2D eigenvalue weighted by molar-refractivity contribution is 7.10. The number of thiazole rings is 1. The summed E-state index contributed by atoms with van der Waals surface area (Å²) in [6, 6.07) is 3.91. The van der Waals surface area contributed by atoms with E-state index in [1.54, 1.807) is 27.2 Å². The molecule has 0 radical (unpaired) electrons. The van der Waals surface area contributed by atoms with E-state index in [0.717, 1.165) is 48.2 Å². The molecule has 0 bridgehead atoms. The Morgan fingerprint density at radius 3 is 2.74 bits per heavy atom. The van der Waals surface area contributed by atoms with Crippen LogP contribution in [0.1, 0.15) is 28.6 Å². The summed E-state index contributed by atoms with van der Waals surface area (Å²) in [6.45, 7) is 3.59. The molecule has 0 N–H and O–H groups in total. The van der Waals surface area contributed by atoms with Crippen molar-refractivity contribution in [3.63, 3.8) is 0 Å². The van der Waals surface area contributed by atoms with Crippen LogP contribution in [0, 0.1) is 0 Å². The molecule has 3 aromatic heterocycles. The monoisotopic (exact) mass is 401 g/mol. The molecule has 1 fully saturated rings. The van der Waals surface area contributed by atoms with E-state index in [9.17, 15) is 9.59 Å². The molecule has 7 nitrogen and oxygen atoms in total. The molecule has 3 aromatic rings. The fourth-order valence-corrected chi connectivity index (χ4v) is 5.58. The lowest BCUT2D eigenvalue weighted by Crippen LogP contribution is -2.45. The molecule has 140 valence electrons. The Hall–Kier alpha value is -2.10. The summed E-state index contributed by atoms with van der Waals surface area (Å²) in [4.78, 5) is 32.9. The molecule has 0 amide bonds. The third kappa shape index (κ3) is 2.90. The molecular formula is C18H19N5O2S2. The fraction of sp³-hybridized carbons (Fsp3) is 0.444. The largest absolute Gasteiger partial charge is 0.332 e. The van der Waals surface area contributed by atoms with Crippen LogP contribution in [0.4, 0.5) is 0 Å². The van der Waals surface area contributed by atoms with Gasteiger partial charge in [-0.1, -0.05) is 6.07 Å². The standard InChI is InChI=1S/C18H19N5O2S2/c24-15-16(25)23(10-13-2-1-8-26-13)20-17-18(4-7-22(15)17)3-6-21(12-18)11-14-19-5-9-27-14/h1-2,5,8-9H,3-4,6-7,10-12H2/t18-/m1/s1. The molecule has 1 spiro atoms. The maximum Gasteiger partial charge on any atom is 0.332 e. The predicted molar refractivity (Wildman–Crippen MR) is 104 cm³/mol. The Bertz CT molecular complexity index is 1070. The molecule has 0 aliphatic carbocycles. The highest BCUT2D eigenvalue weighted by Crippen LogP contribution is 2.40. The SMILES string of the molecule is O=c1c(=O)n2c(nn1Cc1cccs1)[C@]1(CCN(Cc3nccs3)C1)CC2. The fourth-order valence-electron chi connectivity index (χ4n) is 4.23. The van der Waals surface area contributed by atoms with Gasteiger partial charge in [-0.15, -0.1) is 22.7 Å². The minimum atomic E-state index is -0.526. The maximum atomic E-state index is 12.7. The number of hydrogen-bond acceptors (Lipinski definition) is 7. The van der Waals surface area contributed by atoms with Crippen LogP contribution in [-0.2, 0) is 25.0 Å². The number of likely N-dealkylation sites (tertiary alicyclic amines) is 1. The summed E-state index contributed by atoms with van der Waals surface area (Å²) in [5, 5.41) is 9.76. The summed E-state index contributed by atoms with van der Waals surface area (Å²) in [5.41, 5.74) is -1.10. The van der Waals surface area contributed by atoms with Crippen molar-refractivity contribution >= 4 is 22.7 Å². The molecule has 1 saturated heterocycles. The predicted octanol–water partition coefficient (Wildman–Crippen LogP) is 1.52. The van der Waals surface area contributed by atoms with Gasteiger partial charge in [0.05, 0.1) is 13.1 Å². The Balaban J connectivity index is 1.48. The Morgan fingerprint density at radius 1 is 1.07 bits per heavy atom. The van der Waals surface area contributed by atoms with Gasteiger partial charge in [0.25, 0.3) is 0 Å². The third-order valence-corrected chi connectivity index (χ3v) is 7.21. The highest BCUT2D eigenvalue weighted by atomic mass is 32.1. The number of hydrogen-bond donors (Lipinski definition) is 0. The van der Waals surface area contributed by atoms with Gasteiger partial charge in [0.15, 0.2) is 0 Å². The zero-order valence-electron chi connectivity index (χ0n) is 14.7. The minimum absolute atomic E-state index is 0.138. The minimum Gasteiger partial charge on any atom is -0.296 e. The Morgan fingerprint density at radius 2 is 1.96 bits per heavy atom. The zero-order valence-corrected chi connectivity index (χ0v) is 16.3. The second-order valence-corrected chi connectivity index (χ2v) is 9.25. The molecule has 1 atom stereocenters. The second kappa shape index (κ2) is 6.50. The van der Waals surface area contributed by atoms with E-state index in [-0.39, 0.29) is 5.41 Å². The van der Waals surface area contributed by atoms with Crippen molar-refractivity contribution < 1.29 is 0 Å². The maximum absolute atomic E-state index is 12.7. The van der Waals surface area contributed by atoms with Gasteiger partial charge < -0.3 is 0 Å². The third-order valence-electron chi connectivity index (χ3n) is 5.58. The highest BCUT2D eigenvalue weighted by Gasteiger charge is 2.47. The molecule has 0 aromatic carbocycles. The molecule has 5 rings (SSSR count). The van der Waals surface area contributed by atoms with Crippen molar-refractivity contribution in [2.45, 2.75) is 37.9 Å². The Kier molecular flexibility index (Phi) is 4.10. The zero-order chi connectivity index (χ0) is 18.4. The average molecular weight is 402 g/mol. The average Bonchev–Trinajstić information content (AvgIpc) is 3.44. The van der Waals surface area contributed by atoms with Gasteiger partial charge >= 0.3 is 11.1 Å². The van der Waals surface area contributed by atoms with Gasteiger partial charge in [-0.25, -0.2) is 9.67 Å². The lowest BCUT2D eigenvalue weighted by molar-refractivity contribution is 0.297. The van der Waals surface area contributed by atoms with E-state index in [2.05, 4.69) is 15.0 Å². The van der Waals surface area contributed by atoms with Crippen molar-refractivity contribution in [1.82, 2.24) is 24.2 Å². The van der Waals surface area contributed by atoms with Crippen LogP contribution in [0.5, 0.6) is 0 Å². The van der Waals surface area contributed by atoms with Crippen LogP contribution >= 0.6 is 22.7 Å². The van der Waals surface area contributed by atoms with E-state index in [4.69, 9.17) is 0 Å². The normalized spacial score (nSPS) is 21.9. The number of aromatic nitrogens is 4. The first-order valence-electron chi connectivity index (χ1n) is 9.00. The van der Waals surface area contributed by atoms with Crippen molar-refractivity contribution in [1.29, 1.82) is 0 Å².